The number of aliphatic carboxylic acids is 1. The number of carboxylic acids is 1. The second kappa shape index (κ2) is 12.5. The van der Waals surface area contributed by atoms with Crippen molar-refractivity contribution in [3.63, 3.8) is 0 Å². The van der Waals surface area contributed by atoms with Gasteiger partial charge in [-0.25, -0.2) is 14.8 Å². The minimum absolute atomic E-state index is 0.0221. The van der Waals surface area contributed by atoms with E-state index in [0.29, 0.717) is 17.8 Å². The van der Waals surface area contributed by atoms with Crippen LogP contribution in [0.2, 0.25) is 0 Å². The van der Waals surface area contributed by atoms with E-state index in [0.717, 1.165) is 0 Å². The third-order valence-corrected chi connectivity index (χ3v) is 5.41. The summed E-state index contributed by atoms with van der Waals surface area (Å²) in [7, 11) is 0. The number of aromatic amines is 2. The molecule has 0 fully saturated rings. The van der Waals surface area contributed by atoms with Gasteiger partial charge in [0.05, 0.1) is 18.7 Å². The average Bonchev–Trinajstić information content (AvgIpc) is 3.49. The Balaban J connectivity index is 2.20. The first kappa shape index (κ1) is 26.5. The second-order valence-corrected chi connectivity index (χ2v) is 8.18. The van der Waals surface area contributed by atoms with Crippen molar-refractivity contribution in [3.8, 4) is 0 Å². The van der Waals surface area contributed by atoms with Crippen LogP contribution in [0.15, 0.2) is 25.0 Å². The Kier molecular flexibility index (Phi) is 9.74. The van der Waals surface area contributed by atoms with E-state index in [9.17, 15) is 24.3 Å². The van der Waals surface area contributed by atoms with Crippen molar-refractivity contribution >= 4 is 23.7 Å². The maximum Gasteiger partial charge on any atom is 0.326 e. The molecule has 8 N–H and O–H groups in total. The summed E-state index contributed by atoms with van der Waals surface area (Å²) in [5.41, 5.74) is 6.70. The van der Waals surface area contributed by atoms with Gasteiger partial charge in [-0.1, -0.05) is 20.3 Å². The maximum atomic E-state index is 13.1. The fourth-order valence-corrected chi connectivity index (χ4v) is 3.16. The number of carbonyl (C=O) groups excluding carboxylic acids is 3. The molecule has 3 amide bonds. The third-order valence-electron chi connectivity index (χ3n) is 5.41. The van der Waals surface area contributed by atoms with Crippen LogP contribution in [0.4, 0.5) is 0 Å². The minimum atomic E-state index is -1.25. The predicted molar refractivity (Wildman–Crippen MR) is 121 cm³/mol. The molecule has 0 aliphatic carbocycles. The van der Waals surface area contributed by atoms with Crippen molar-refractivity contribution in [1.82, 2.24) is 35.9 Å². The van der Waals surface area contributed by atoms with Crippen LogP contribution in [-0.2, 0) is 32.0 Å². The Hall–Kier alpha value is -3.74. The number of aromatic nitrogens is 4. The monoisotopic (exact) mass is 476 g/mol. The largest absolute Gasteiger partial charge is 0.480 e. The van der Waals surface area contributed by atoms with Crippen LogP contribution in [-0.4, -0.2) is 72.9 Å². The normalized spacial score (nSPS) is 15.4. The number of hydrogen-bond acceptors (Lipinski definition) is 7. The molecule has 34 heavy (non-hydrogen) atoms. The molecule has 5 unspecified atom stereocenters. The Bertz CT molecular complexity index is 945. The van der Waals surface area contributed by atoms with Crippen LogP contribution in [0.25, 0.3) is 0 Å². The third kappa shape index (κ3) is 7.69. The number of H-pyrrole nitrogens is 2. The van der Waals surface area contributed by atoms with Gasteiger partial charge in [0.2, 0.25) is 17.7 Å². The Morgan fingerprint density at radius 3 is 1.88 bits per heavy atom. The van der Waals surface area contributed by atoms with Gasteiger partial charge in [0.25, 0.3) is 0 Å². The van der Waals surface area contributed by atoms with Crippen molar-refractivity contribution in [2.45, 2.75) is 64.2 Å². The summed E-state index contributed by atoms with van der Waals surface area (Å²) >= 11 is 0. The summed E-state index contributed by atoms with van der Waals surface area (Å²) < 4.78 is 0. The number of amides is 3. The molecule has 0 bridgehead atoms. The number of nitrogens with two attached hydrogens (primary N) is 1. The van der Waals surface area contributed by atoms with E-state index in [2.05, 4.69) is 35.9 Å². The standard InChI is InChI=1S/C21H32N8O5/c1-4-11(2)17(29-18(30)12(3)22)20(32)27-15(5-13-7-23-9-25-13)19(31)28-16(21(33)34)6-14-8-24-10-26-14/h7-12,15-17H,4-6,22H2,1-3H3,(H,23,25)(H,24,26)(H,27,32)(H,28,31)(H,29,30)(H,33,34). The zero-order valence-corrected chi connectivity index (χ0v) is 19.4. The molecule has 5 atom stereocenters. The van der Waals surface area contributed by atoms with Gasteiger partial charge in [-0.05, 0) is 12.8 Å². The Morgan fingerprint density at radius 2 is 1.44 bits per heavy atom. The fourth-order valence-electron chi connectivity index (χ4n) is 3.16. The van der Waals surface area contributed by atoms with Crippen molar-refractivity contribution in [3.05, 3.63) is 36.4 Å². The van der Waals surface area contributed by atoms with Crippen LogP contribution >= 0.6 is 0 Å². The molecule has 13 heteroatoms. The van der Waals surface area contributed by atoms with E-state index in [4.69, 9.17) is 5.73 Å². The molecule has 2 aromatic heterocycles. The van der Waals surface area contributed by atoms with Crippen LogP contribution in [0.1, 0.15) is 38.6 Å². The number of carbonyl (C=O) groups is 4. The number of carboxylic acid groups (broad SMARTS) is 1. The van der Waals surface area contributed by atoms with Crippen LogP contribution in [0.5, 0.6) is 0 Å². The minimum Gasteiger partial charge on any atom is -0.480 e. The molecule has 0 spiro atoms. The summed E-state index contributed by atoms with van der Waals surface area (Å²) in [6, 6.07) is -4.13. The molecule has 186 valence electrons. The molecule has 0 aromatic carbocycles. The second-order valence-electron chi connectivity index (χ2n) is 8.18. The van der Waals surface area contributed by atoms with Gasteiger partial charge in [0.1, 0.15) is 18.1 Å². The molecule has 0 aliphatic rings. The first-order chi connectivity index (χ1) is 16.1. The van der Waals surface area contributed by atoms with Crippen molar-refractivity contribution in [2.24, 2.45) is 11.7 Å². The zero-order chi connectivity index (χ0) is 25.3. The van der Waals surface area contributed by atoms with Crippen molar-refractivity contribution in [2.75, 3.05) is 0 Å². The highest BCUT2D eigenvalue weighted by atomic mass is 16.4. The molecule has 2 aromatic rings. The summed E-state index contributed by atoms with van der Waals surface area (Å²) in [4.78, 5) is 63.5. The molecular formula is C21H32N8O5. The summed E-state index contributed by atoms with van der Waals surface area (Å²) in [5.74, 6) is -3.26. The Morgan fingerprint density at radius 1 is 0.912 bits per heavy atom. The fraction of sp³-hybridized carbons (Fsp3) is 0.524. The van der Waals surface area contributed by atoms with Crippen LogP contribution in [0, 0.1) is 5.92 Å². The maximum absolute atomic E-state index is 13.1. The van der Waals surface area contributed by atoms with Crippen molar-refractivity contribution in [1.29, 1.82) is 0 Å². The van der Waals surface area contributed by atoms with Gasteiger partial charge in [-0.15, -0.1) is 0 Å². The summed E-state index contributed by atoms with van der Waals surface area (Å²) in [5, 5.41) is 17.3. The number of hydrogen-bond donors (Lipinski definition) is 7. The van der Waals surface area contributed by atoms with Crippen LogP contribution < -0.4 is 21.7 Å². The topological polar surface area (TPSA) is 208 Å². The van der Waals surface area contributed by atoms with Gasteiger partial charge in [0, 0.05) is 36.6 Å². The lowest BCUT2D eigenvalue weighted by Gasteiger charge is -2.27. The lowest BCUT2D eigenvalue weighted by molar-refractivity contribution is -0.142. The molecule has 0 saturated heterocycles. The molecule has 0 radical (unpaired) electrons. The highest BCUT2D eigenvalue weighted by Crippen LogP contribution is 2.10. The number of nitrogens with zero attached hydrogens (tertiary/aromatic N) is 2. The SMILES string of the molecule is CCC(C)C(NC(=O)C(C)N)C(=O)NC(Cc1cnc[nH]1)C(=O)NC(Cc1cnc[nH]1)C(=O)O. The molecule has 0 aliphatic heterocycles. The smallest absolute Gasteiger partial charge is 0.326 e. The molecular weight excluding hydrogens is 444 g/mol. The highest BCUT2D eigenvalue weighted by molar-refractivity contribution is 5.94. The average molecular weight is 477 g/mol. The lowest BCUT2D eigenvalue weighted by atomic mass is 9.97. The lowest BCUT2D eigenvalue weighted by Crippen LogP contribution is -2.59. The van der Waals surface area contributed by atoms with E-state index in [1.165, 1.54) is 32.0 Å². The van der Waals surface area contributed by atoms with E-state index in [-0.39, 0.29) is 18.8 Å². The van der Waals surface area contributed by atoms with E-state index >= 15 is 0 Å². The quantitative estimate of drug-likeness (QED) is 0.187. The number of rotatable bonds is 13. The Labute approximate surface area is 196 Å². The molecule has 0 saturated carbocycles. The van der Waals surface area contributed by atoms with E-state index in [1.807, 2.05) is 6.92 Å². The highest BCUT2D eigenvalue weighted by Gasteiger charge is 2.32. The van der Waals surface area contributed by atoms with Gasteiger partial charge in [-0.2, -0.15) is 0 Å². The van der Waals surface area contributed by atoms with Gasteiger partial charge in [0.15, 0.2) is 0 Å². The van der Waals surface area contributed by atoms with Crippen molar-refractivity contribution < 1.29 is 24.3 Å². The molecule has 2 heterocycles. The van der Waals surface area contributed by atoms with Gasteiger partial charge < -0.3 is 36.8 Å². The van der Waals surface area contributed by atoms with Crippen LogP contribution in [0.3, 0.4) is 0 Å². The van der Waals surface area contributed by atoms with Gasteiger partial charge in [-0.3, -0.25) is 14.4 Å². The number of imidazole rings is 2. The number of nitrogens with one attached hydrogen (secondary N) is 5. The summed E-state index contributed by atoms with van der Waals surface area (Å²) in [6.45, 7) is 5.16. The van der Waals surface area contributed by atoms with E-state index < -0.39 is 47.9 Å². The zero-order valence-electron chi connectivity index (χ0n) is 19.4. The summed E-state index contributed by atoms with van der Waals surface area (Å²) in [6.07, 6.45) is 6.38. The van der Waals surface area contributed by atoms with Gasteiger partial charge >= 0.3 is 5.97 Å². The first-order valence-corrected chi connectivity index (χ1v) is 11.0. The predicted octanol–water partition coefficient (Wildman–Crippen LogP) is -1.15. The first-order valence-electron chi connectivity index (χ1n) is 11.0. The molecule has 13 nitrogen and oxygen atoms in total. The molecule has 2 rings (SSSR count). The van der Waals surface area contributed by atoms with E-state index in [1.54, 1.807) is 6.92 Å².